The predicted molar refractivity (Wildman–Crippen MR) is 117 cm³/mol. The van der Waals surface area contributed by atoms with Gasteiger partial charge in [0.1, 0.15) is 5.82 Å². The van der Waals surface area contributed by atoms with Crippen LogP contribution in [0.15, 0.2) is 55.0 Å². The van der Waals surface area contributed by atoms with Gasteiger partial charge in [0.25, 0.3) is 0 Å². The van der Waals surface area contributed by atoms with E-state index in [9.17, 15) is 0 Å². The molecule has 7 heteroatoms. The van der Waals surface area contributed by atoms with Gasteiger partial charge in [-0.1, -0.05) is 24.3 Å². The van der Waals surface area contributed by atoms with E-state index in [1.54, 1.807) is 0 Å². The standard InChI is InChI=1S/C23H26N6O/c1-22(2)14-28(15-23(3,4)30-22)21-10-9-20-24-13-19(29(20)27-21)17-7-5-16(6-8-17)18-11-25-26-12-18/h5-13H,14-15H2,1-4H3,(H,25,26). The van der Waals surface area contributed by atoms with Gasteiger partial charge in [0, 0.05) is 30.4 Å². The first-order valence-electron chi connectivity index (χ1n) is 10.2. The average molecular weight is 403 g/mol. The summed E-state index contributed by atoms with van der Waals surface area (Å²) < 4.78 is 8.15. The number of fused-ring (bicyclic) bond motifs is 1. The van der Waals surface area contributed by atoms with Gasteiger partial charge < -0.3 is 9.64 Å². The molecule has 4 aromatic rings. The van der Waals surface area contributed by atoms with Gasteiger partial charge in [-0.25, -0.2) is 9.50 Å². The summed E-state index contributed by atoms with van der Waals surface area (Å²) in [4.78, 5) is 6.85. The number of morpholine rings is 1. The number of nitrogens with zero attached hydrogens (tertiary/aromatic N) is 5. The van der Waals surface area contributed by atoms with Crippen molar-refractivity contribution in [3.8, 4) is 22.4 Å². The number of aromatic nitrogens is 5. The molecule has 1 fully saturated rings. The van der Waals surface area contributed by atoms with E-state index in [0.29, 0.717) is 0 Å². The molecule has 5 rings (SSSR count). The summed E-state index contributed by atoms with van der Waals surface area (Å²) in [6.07, 6.45) is 5.59. The average Bonchev–Trinajstić information content (AvgIpc) is 3.35. The predicted octanol–water partition coefficient (Wildman–Crippen LogP) is 4.18. The molecule has 1 N–H and O–H groups in total. The van der Waals surface area contributed by atoms with E-state index in [1.807, 2.05) is 35.2 Å². The molecule has 0 radical (unpaired) electrons. The highest BCUT2D eigenvalue weighted by Gasteiger charge is 2.38. The second-order valence-corrected chi connectivity index (χ2v) is 9.15. The van der Waals surface area contributed by atoms with E-state index >= 15 is 0 Å². The number of hydrogen-bond donors (Lipinski definition) is 1. The SMILES string of the molecule is CC1(C)CN(c2ccc3ncc(-c4ccc(-c5cn[nH]c5)cc4)n3n2)CC(C)(C)O1. The molecule has 30 heavy (non-hydrogen) atoms. The molecule has 0 atom stereocenters. The molecule has 4 heterocycles. The van der Waals surface area contributed by atoms with Crippen molar-refractivity contribution in [3.63, 3.8) is 0 Å². The van der Waals surface area contributed by atoms with Crippen molar-refractivity contribution in [2.75, 3.05) is 18.0 Å². The van der Waals surface area contributed by atoms with Crippen LogP contribution in [0.5, 0.6) is 0 Å². The lowest BCUT2D eigenvalue weighted by molar-refractivity contribution is -0.133. The van der Waals surface area contributed by atoms with Crippen molar-refractivity contribution in [1.82, 2.24) is 24.8 Å². The molecular formula is C23H26N6O. The van der Waals surface area contributed by atoms with Crippen molar-refractivity contribution < 1.29 is 4.74 Å². The van der Waals surface area contributed by atoms with Crippen molar-refractivity contribution in [2.24, 2.45) is 0 Å². The summed E-state index contributed by atoms with van der Waals surface area (Å²) in [6.45, 7) is 10.1. The zero-order valence-electron chi connectivity index (χ0n) is 17.8. The highest BCUT2D eigenvalue weighted by atomic mass is 16.5. The van der Waals surface area contributed by atoms with Crippen molar-refractivity contribution >= 4 is 11.5 Å². The zero-order valence-corrected chi connectivity index (χ0v) is 17.8. The summed E-state index contributed by atoms with van der Waals surface area (Å²) in [7, 11) is 0. The first kappa shape index (κ1) is 18.8. The number of rotatable bonds is 3. The third-order valence-electron chi connectivity index (χ3n) is 5.38. The molecule has 0 bridgehead atoms. The lowest BCUT2D eigenvalue weighted by Gasteiger charge is -2.47. The Labute approximate surface area is 175 Å². The summed E-state index contributed by atoms with van der Waals surface area (Å²) in [5.74, 6) is 0.932. The van der Waals surface area contributed by atoms with Crippen molar-refractivity contribution in [1.29, 1.82) is 0 Å². The fourth-order valence-corrected chi connectivity index (χ4v) is 4.42. The number of nitrogens with one attached hydrogen (secondary N) is 1. The smallest absolute Gasteiger partial charge is 0.154 e. The van der Waals surface area contributed by atoms with Gasteiger partial charge in [0.15, 0.2) is 5.65 Å². The normalized spacial score (nSPS) is 18.1. The second kappa shape index (κ2) is 6.67. The molecule has 154 valence electrons. The van der Waals surface area contributed by atoms with Gasteiger partial charge >= 0.3 is 0 Å². The lowest BCUT2D eigenvalue weighted by atomic mass is 9.99. The number of anilines is 1. The maximum Gasteiger partial charge on any atom is 0.154 e. The van der Waals surface area contributed by atoms with Crippen LogP contribution in [0.25, 0.3) is 28.0 Å². The van der Waals surface area contributed by atoms with Crippen LogP contribution in [-0.4, -0.2) is 49.1 Å². The molecule has 0 aliphatic carbocycles. The molecule has 0 spiro atoms. The topological polar surface area (TPSA) is 71.3 Å². The number of benzene rings is 1. The van der Waals surface area contributed by atoms with Crippen LogP contribution in [0.2, 0.25) is 0 Å². The molecule has 3 aromatic heterocycles. The van der Waals surface area contributed by atoms with Gasteiger partial charge in [0.05, 0.1) is 29.3 Å². The summed E-state index contributed by atoms with van der Waals surface area (Å²) in [6, 6.07) is 12.5. The quantitative estimate of drug-likeness (QED) is 0.557. The third kappa shape index (κ3) is 3.45. The molecule has 0 amide bonds. The minimum atomic E-state index is -0.237. The van der Waals surface area contributed by atoms with Gasteiger partial charge in [-0.2, -0.15) is 5.10 Å². The van der Waals surface area contributed by atoms with Crippen LogP contribution in [-0.2, 0) is 4.74 Å². The molecule has 1 saturated heterocycles. The number of hydrogen-bond acceptors (Lipinski definition) is 5. The fraction of sp³-hybridized carbons (Fsp3) is 0.348. The van der Waals surface area contributed by atoms with Crippen LogP contribution in [0.4, 0.5) is 5.82 Å². The maximum absolute atomic E-state index is 6.22. The van der Waals surface area contributed by atoms with E-state index in [2.05, 4.69) is 72.0 Å². The number of imidazole rings is 1. The van der Waals surface area contributed by atoms with Gasteiger partial charge in [-0.3, -0.25) is 5.10 Å². The van der Waals surface area contributed by atoms with Crippen LogP contribution in [0.1, 0.15) is 27.7 Å². The van der Waals surface area contributed by atoms with Crippen molar-refractivity contribution in [2.45, 2.75) is 38.9 Å². The Morgan fingerprint density at radius 2 is 1.57 bits per heavy atom. The molecular weight excluding hydrogens is 376 g/mol. The first-order valence-corrected chi connectivity index (χ1v) is 10.2. The van der Waals surface area contributed by atoms with Gasteiger partial charge in [-0.05, 0) is 45.4 Å². The van der Waals surface area contributed by atoms with E-state index in [0.717, 1.165) is 46.9 Å². The Morgan fingerprint density at radius 1 is 0.867 bits per heavy atom. The summed E-state index contributed by atoms with van der Waals surface area (Å²) >= 11 is 0. The number of ether oxygens (including phenoxy) is 1. The van der Waals surface area contributed by atoms with E-state index < -0.39 is 0 Å². The number of aromatic amines is 1. The Morgan fingerprint density at radius 3 is 2.23 bits per heavy atom. The minimum absolute atomic E-state index is 0.237. The Bertz CT molecular complexity index is 1160. The summed E-state index contributed by atoms with van der Waals surface area (Å²) in [5.41, 5.74) is 4.59. The van der Waals surface area contributed by atoms with Crippen LogP contribution in [0.3, 0.4) is 0 Å². The fourth-order valence-electron chi connectivity index (χ4n) is 4.42. The summed E-state index contributed by atoms with van der Waals surface area (Å²) in [5, 5.41) is 11.8. The highest BCUT2D eigenvalue weighted by Crippen LogP contribution is 2.31. The Kier molecular flexibility index (Phi) is 4.18. The third-order valence-corrected chi connectivity index (χ3v) is 5.38. The molecule has 0 saturated carbocycles. The van der Waals surface area contributed by atoms with Gasteiger partial charge in [0.2, 0.25) is 0 Å². The van der Waals surface area contributed by atoms with Crippen LogP contribution >= 0.6 is 0 Å². The highest BCUT2D eigenvalue weighted by molar-refractivity contribution is 5.69. The molecule has 1 aliphatic rings. The van der Waals surface area contributed by atoms with Crippen LogP contribution in [0, 0.1) is 0 Å². The largest absolute Gasteiger partial charge is 0.366 e. The second-order valence-electron chi connectivity index (χ2n) is 9.15. The molecule has 1 aromatic carbocycles. The van der Waals surface area contributed by atoms with E-state index in [4.69, 9.17) is 9.84 Å². The lowest BCUT2D eigenvalue weighted by Crippen LogP contribution is -2.57. The Balaban J connectivity index is 1.51. The Hall–Kier alpha value is -3.19. The zero-order chi connectivity index (χ0) is 20.9. The van der Waals surface area contributed by atoms with Crippen molar-refractivity contribution in [3.05, 3.63) is 55.0 Å². The van der Waals surface area contributed by atoms with E-state index in [-0.39, 0.29) is 11.2 Å². The van der Waals surface area contributed by atoms with Gasteiger partial charge in [-0.15, -0.1) is 5.10 Å². The first-order chi connectivity index (χ1) is 14.3. The van der Waals surface area contributed by atoms with E-state index in [1.165, 1.54) is 0 Å². The van der Waals surface area contributed by atoms with Crippen LogP contribution < -0.4 is 4.90 Å². The monoisotopic (exact) mass is 402 g/mol. The minimum Gasteiger partial charge on any atom is -0.366 e. The number of H-pyrrole nitrogens is 1. The molecule has 0 unspecified atom stereocenters. The molecule has 7 nitrogen and oxygen atoms in total. The maximum atomic E-state index is 6.22. The molecule has 1 aliphatic heterocycles.